The Morgan fingerprint density at radius 2 is 0.471 bits per heavy atom. The van der Waals surface area contributed by atoms with Gasteiger partial charge in [0.15, 0.2) is 0 Å². The van der Waals surface area contributed by atoms with Crippen molar-refractivity contribution in [3.63, 3.8) is 0 Å². The molecule has 0 aromatic rings. The van der Waals surface area contributed by atoms with E-state index in [2.05, 4.69) is 0 Å². The summed E-state index contributed by atoms with van der Waals surface area (Å²) in [6.07, 6.45) is -1.83. The van der Waals surface area contributed by atoms with Gasteiger partial charge in [-0.05, 0) is 0 Å². The van der Waals surface area contributed by atoms with Gasteiger partial charge in [-0.25, -0.2) is 4.79 Å². The second-order valence-electron chi connectivity index (χ2n) is 0.283. The summed E-state index contributed by atoms with van der Waals surface area (Å²) in [6, 6.07) is 0. The minimum absolute atomic E-state index is 0. The average Bonchev–Trinajstić information content (AvgIpc) is 0.811. The molecule has 16 heteroatoms. The summed E-state index contributed by atoms with van der Waals surface area (Å²) in [6.45, 7) is 0. The third kappa shape index (κ3) is 117000. The molecule has 0 aliphatic rings. The van der Waals surface area contributed by atoms with Gasteiger partial charge in [-0.2, -0.15) is 0 Å². The molecular weight excluding hydrogens is 392 g/mol. The topological polar surface area (TPSA) is 436 Å². The van der Waals surface area contributed by atoms with Crippen LogP contribution >= 0.6 is 0 Å². The smallest absolute Gasteiger partial charge is 0.450 e. The molecule has 15 nitrogen and oxygen atoms in total. The number of carboxylic acid groups (broad SMARTS) is 2. The van der Waals surface area contributed by atoms with Gasteiger partial charge in [0, 0.05) is 41.7 Å². The van der Waals surface area contributed by atoms with Gasteiger partial charge in [0.25, 0.3) is 0 Å². The largest absolute Gasteiger partial charge is 0.503 e. The first-order valence-corrected chi connectivity index (χ1v) is 0.651. The zero-order valence-electron chi connectivity index (χ0n) is 8.30. The van der Waals surface area contributed by atoms with Gasteiger partial charge in [0.1, 0.15) is 0 Å². The molecule has 0 rings (SSSR count). The van der Waals surface area contributed by atoms with Gasteiger partial charge < -0.3 is 75.9 Å². The molecule has 0 spiro atoms. The van der Waals surface area contributed by atoms with E-state index in [0.29, 0.717) is 0 Å². The second-order valence-corrected chi connectivity index (χ2v) is 0.283. The summed E-state index contributed by atoms with van der Waals surface area (Å²) in [5.74, 6) is 0. The summed E-state index contributed by atoms with van der Waals surface area (Å²) < 4.78 is 0. The van der Waals surface area contributed by atoms with E-state index in [9.17, 15) is 0 Å². The Hall–Kier alpha value is 0.167. The molecule has 0 radical (unpaired) electrons. The zero-order chi connectivity index (χ0) is 3.58. The second kappa shape index (κ2) is 371. The van der Waals surface area contributed by atoms with Crippen molar-refractivity contribution in [2.45, 2.75) is 0 Å². The first kappa shape index (κ1) is 447. The van der Waals surface area contributed by atoms with E-state index < -0.39 is 6.16 Å². The van der Waals surface area contributed by atoms with Crippen molar-refractivity contribution in [2.24, 2.45) is 0 Å². The maximum atomic E-state index is 8.56. The summed E-state index contributed by atoms with van der Waals surface area (Å²) in [5, 5.41) is 13.9. The van der Waals surface area contributed by atoms with Crippen LogP contribution in [0.3, 0.4) is 0 Å². The van der Waals surface area contributed by atoms with Crippen LogP contribution in [0.15, 0.2) is 0 Å². The normalized spacial score (nSPS) is 1.41. The first-order valence-electron chi connectivity index (χ1n) is 0.651. The van der Waals surface area contributed by atoms with Crippen LogP contribution in [-0.4, -0.2) is 82.1 Å². The molecule has 124 valence electrons. The van der Waals surface area contributed by atoms with E-state index in [1.165, 1.54) is 0 Å². The van der Waals surface area contributed by atoms with Gasteiger partial charge in [-0.3, -0.25) is 0 Å². The van der Waals surface area contributed by atoms with E-state index in [4.69, 9.17) is 15.0 Å². The van der Waals surface area contributed by atoms with E-state index in [0.717, 1.165) is 0 Å². The Morgan fingerprint density at radius 1 is 0.471 bits per heavy atom. The Labute approximate surface area is 128 Å². The van der Waals surface area contributed by atoms with Crippen LogP contribution in [0.1, 0.15) is 0 Å². The van der Waals surface area contributed by atoms with Gasteiger partial charge in [-0.15, -0.1) is 0 Å². The average molecular weight is 418 g/mol. The van der Waals surface area contributed by atoms with Crippen LogP contribution in [0.4, 0.5) is 4.79 Å². The quantitative estimate of drug-likeness (QED) is 0.387. The third-order valence-electron chi connectivity index (χ3n) is 0. The molecule has 0 saturated carbocycles. The number of hydrogen-bond donors (Lipinski definition) is 2. The molecule has 0 atom stereocenters. The standard InChI is InChI=1S/CH2O3.Ce.12H2O/c2-1(3)4;;;;;;;;;;;;;/h(H2,2,3,4);;12*1H2. The molecule has 26 N–H and O–H groups in total. The minimum Gasteiger partial charge on any atom is -0.450 e. The molecule has 0 aromatic carbocycles. The fraction of sp³-hybridized carbons (Fsp3) is 0. The number of hydrogen-bond acceptors (Lipinski definition) is 1. The van der Waals surface area contributed by atoms with E-state index in [1.54, 1.807) is 0 Å². The van der Waals surface area contributed by atoms with Crippen LogP contribution in [0.5, 0.6) is 0 Å². The SMILES string of the molecule is O.O.O.O.O.O.O.O.O.O.O.O.O=C(O)O.[Ce]. The summed E-state index contributed by atoms with van der Waals surface area (Å²) >= 11 is 0. The molecule has 0 fully saturated rings. The Morgan fingerprint density at radius 3 is 0.471 bits per heavy atom. The van der Waals surface area contributed by atoms with Gasteiger partial charge in [0.05, 0.1) is 0 Å². The van der Waals surface area contributed by atoms with Crippen molar-refractivity contribution in [1.82, 2.24) is 0 Å². The Bertz CT molecular complexity index is 33.9. The van der Waals surface area contributed by atoms with E-state index in [-0.39, 0.29) is 107 Å². The van der Waals surface area contributed by atoms with Gasteiger partial charge in [0.2, 0.25) is 0 Å². The third-order valence-corrected chi connectivity index (χ3v) is 0. The molecule has 0 aliphatic carbocycles. The van der Waals surface area contributed by atoms with Crippen molar-refractivity contribution in [3.05, 3.63) is 0 Å². The zero-order valence-corrected chi connectivity index (χ0v) is 11.4. The number of rotatable bonds is 0. The maximum Gasteiger partial charge on any atom is 0.503 e. The predicted molar refractivity (Wildman–Crippen MR) is 54.0 cm³/mol. The molecule has 0 bridgehead atoms. The Kier molecular flexibility index (Phi) is 9760. The van der Waals surface area contributed by atoms with Gasteiger partial charge in [-0.1, -0.05) is 0 Å². The molecular formula is CH26CeO15. The summed E-state index contributed by atoms with van der Waals surface area (Å²) in [7, 11) is 0. The fourth-order valence-corrected chi connectivity index (χ4v) is 0. The van der Waals surface area contributed by atoms with Crippen LogP contribution in [-0.2, 0) is 0 Å². The molecule has 0 heterocycles. The first-order chi connectivity index (χ1) is 1.73. The molecule has 0 unspecified atom stereocenters. The molecule has 0 saturated heterocycles. The molecule has 0 aliphatic heterocycles. The van der Waals surface area contributed by atoms with Crippen LogP contribution in [0.25, 0.3) is 0 Å². The van der Waals surface area contributed by atoms with Gasteiger partial charge >= 0.3 is 6.16 Å². The van der Waals surface area contributed by atoms with Crippen LogP contribution in [0.2, 0.25) is 0 Å². The van der Waals surface area contributed by atoms with Crippen molar-refractivity contribution in [2.75, 3.05) is 0 Å². The van der Waals surface area contributed by atoms with Crippen molar-refractivity contribution >= 4 is 6.16 Å². The maximum absolute atomic E-state index is 8.56. The van der Waals surface area contributed by atoms with Crippen LogP contribution < -0.4 is 0 Å². The monoisotopic (exact) mass is 418 g/mol. The Balaban J connectivity index is -0.000000000577. The molecule has 0 aromatic heterocycles. The van der Waals surface area contributed by atoms with Crippen molar-refractivity contribution in [1.29, 1.82) is 0 Å². The number of carbonyl (C=O) groups is 1. The van der Waals surface area contributed by atoms with Crippen LogP contribution in [0, 0.1) is 41.7 Å². The van der Waals surface area contributed by atoms with Crippen molar-refractivity contribution < 1.29 is 122 Å². The summed E-state index contributed by atoms with van der Waals surface area (Å²) in [4.78, 5) is 8.56. The molecule has 0 amide bonds. The van der Waals surface area contributed by atoms with E-state index in [1.807, 2.05) is 0 Å². The van der Waals surface area contributed by atoms with Crippen molar-refractivity contribution in [3.8, 4) is 0 Å². The fourth-order valence-electron chi connectivity index (χ4n) is 0. The predicted octanol–water partition coefficient (Wildman–Crippen LogP) is -9.67. The van der Waals surface area contributed by atoms with E-state index >= 15 is 0 Å². The minimum atomic E-state index is -1.83. The molecule has 17 heavy (non-hydrogen) atoms. The summed E-state index contributed by atoms with van der Waals surface area (Å²) in [5.41, 5.74) is 0.